The minimum Gasteiger partial charge on any atom is -0.394 e. The van der Waals surface area contributed by atoms with Gasteiger partial charge in [-0.3, -0.25) is 4.79 Å². The van der Waals surface area contributed by atoms with Crippen molar-refractivity contribution in [3.63, 3.8) is 0 Å². The van der Waals surface area contributed by atoms with Crippen LogP contribution in [0.3, 0.4) is 0 Å². The number of carbonyl (C=O) groups is 1. The predicted molar refractivity (Wildman–Crippen MR) is 44.4 cm³/mol. The topological polar surface area (TPSA) is 107 Å². The largest absolute Gasteiger partial charge is 0.394 e. The van der Waals surface area contributed by atoms with Crippen molar-refractivity contribution in [1.29, 1.82) is 0 Å². The molecule has 4 N–H and O–H groups in total. The Morgan fingerprint density at radius 2 is 1.79 bits per heavy atom. The van der Waals surface area contributed by atoms with Crippen LogP contribution >= 0.6 is 0 Å². The summed E-state index contributed by atoms with van der Waals surface area (Å²) in [5.41, 5.74) is 0. The third-order valence-electron chi connectivity index (χ3n) is 2.29. The van der Waals surface area contributed by atoms with Gasteiger partial charge in [0.25, 0.3) is 0 Å². The first-order valence-corrected chi connectivity index (χ1v) is 4.30. The van der Waals surface area contributed by atoms with Gasteiger partial charge in [0.05, 0.1) is 6.61 Å². The van der Waals surface area contributed by atoms with Crippen LogP contribution in [0.2, 0.25) is 0 Å². The van der Waals surface area contributed by atoms with E-state index in [2.05, 4.69) is 0 Å². The molecule has 1 unspecified atom stereocenters. The zero-order chi connectivity index (χ0) is 10.9. The van der Waals surface area contributed by atoms with E-state index in [1.54, 1.807) is 0 Å². The SMILES string of the molecule is CC(=O)C1O[C@H](CO)[C@@H](O)[C@H](O)[C@@H]1O. The molecule has 0 saturated carbocycles. The van der Waals surface area contributed by atoms with Crippen molar-refractivity contribution in [3.8, 4) is 0 Å². The molecule has 6 heteroatoms. The smallest absolute Gasteiger partial charge is 0.161 e. The monoisotopic (exact) mass is 206 g/mol. The normalized spacial score (nSPS) is 43.6. The van der Waals surface area contributed by atoms with Crippen molar-refractivity contribution in [2.24, 2.45) is 0 Å². The fraction of sp³-hybridized carbons (Fsp3) is 0.875. The number of aliphatic hydroxyl groups excluding tert-OH is 4. The second kappa shape index (κ2) is 4.33. The van der Waals surface area contributed by atoms with Crippen LogP contribution in [0.25, 0.3) is 0 Å². The van der Waals surface area contributed by atoms with Crippen molar-refractivity contribution in [2.45, 2.75) is 37.4 Å². The molecule has 0 spiro atoms. The van der Waals surface area contributed by atoms with E-state index in [-0.39, 0.29) is 0 Å². The molecule has 0 aromatic heterocycles. The van der Waals surface area contributed by atoms with E-state index in [4.69, 9.17) is 9.84 Å². The molecule has 5 atom stereocenters. The average Bonchev–Trinajstić information content (AvgIpc) is 2.14. The molecule has 1 aliphatic rings. The van der Waals surface area contributed by atoms with Gasteiger partial charge in [0.15, 0.2) is 5.78 Å². The predicted octanol–water partition coefficient (Wildman–Crippen LogP) is -2.58. The van der Waals surface area contributed by atoms with Gasteiger partial charge >= 0.3 is 0 Å². The van der Waals surface area contributed by atoms with Crippen LogP contribution in [0.5, 0.6) is 0 Å². The van der Waals surface area contributed by atoms with E-state index in [0.29, 0.717) is 0 Å². The Balaban J connectivity index is 2.78. The second-order valence-corrected chi connectivity index (χ2v) is 3.36. The van der Waals surface area contributed by atoms with Crippen molar-refractivity contribution < 1.29 is 30.0 Å². The Morgan fingerprint density at radius 3 is 2.21 bits per heavy atom. The molecule has 0 bridgehead atoms. The van der Waals surface area contributed by atoms with Crippen LogP contribution in [-0.2, 0) is 9.53 Å². The van der Waals surface area contributed by atoms with E-state index in [1.165, 1.54) is 6.92 Å². The van der Waals surface area contributed by atoms with Crippen LogP contribution in [-0.4, -0.2) is 63.3 Å². The van der Waals surface area contributed by atoms with E-state index in [0.717, 1.165) is 0 Å². The minimum atomic E-state index is -1.48. The Morgan fingerprint density at radius 1 is 1.21 bits per heavy atom. The van der Waals surface area contributed by atoms with Gasteiger partial charge in [-0.15, -0.1) is 0 Å². The number of rotatable bonds is 2. The molecule has 1 heterocycles. The van der Waals surface area contributed by atoms with Crippen LogP contribution in [0.15, 0.2) is 0 Å². The van der Waals surface area contributed by atoms with Gasteiger partial charge in [-0.2, -0.15) is 0 Å². The van der Waals surface area contributed by atoms with Crippen LogP contribution in [0.4, 0.5) is 0 Å². The van der Waals surface area contributed by atoms with Gasteiger partial charge in [0.2, 0.25) is 0 Å². The van der Waals surface area contributed by atoms with Crippen molar-refractivity contribution in [1.82, 2.24) is 0 Å². The summed E-state index contributed by atoms with van der Waals surface area (Å²) in [6, 6.07) is 0. The lowest BCUT2D eigenvalue weighted by Gasteiger charge is -2.38. The first kappa shape index (κ1) is 11.5. The number of hydrogen-bond acceptors (Lipinski definition) is 6. The summed E-state index contributed by atoms with van der Waals surface area (Å²) in [5.74, 6) is -0.457. The summed E-state index contributed by atoms with van der Waals surface area (Å²) in [7, 11) is 0. The number of Topliss-reactive ketones (excluding diaryl/α,β-unsaturated/α-hetero) is 1. The summed E-state index contributed by atoms with van der Waals surface area (Å²) in [6.45, 7) is 0.682. The average molecular weight is 206 g/mol. The fourth-order valence-corrected chi connectivity index (χ4v) is 1.44. The third kappa shape index (κ3) is 1.94. The van der Waals surface area contributed by atoms with Crippen molar-refractivity contribution in [2.75, 3.05) is 6.61 Å². The number of aliphatic hydroxyl groups is 4. The highest BCUT2D eigenvalue weighted by atomic mass is 16.5. The molecule has 0 aromatic rings. The molecular formula is C8H14O6. The standard InChI is InChI=1S/C8H14O6/c1-3(10)8-7(13)6(12)5(11)4(2-9)14-8/h4-9,11-13H,2H2,1H3/t4-,5-,6+,7+,8?/m1/s1. The van der Waals surface area contributed by atoms with Gasteiger partial charge in [0.1, 0.15) is 30.5 Å². The van der Waals surface area contributed by atoms with Crippen LogP contribution in [0.1, 0.15) is 6.92 Å². The van der Waals surface area contributed by atoms with Crippen molar-refractivity contribution in [3.05, 3.63) is 0 Å². The fourth-order valence-electron chi connectivity index (χ4n) is 1.44. The number of ketones is 1. The van der Waals surface area contributed by atoms with Crippen LogP contribution < -0.4 is 0 Å². The molecule has 1 fully saturated rings. The molecule has 1 rings (SSSR count). The molecule has 6 nitrogen and oxygen atoms in total. The van der Waals surface area contributed by atoms with E-state index >= 15 is 0 Å². The van der Waals surface area contributed by atoms with E-state index in [9.17, 15) is 20.1 Å². The molecule has 1 saturated heterocycles. The maximum Gasteiger partial charge on any atom is 0.161 e. The van der Waals surface area contributed by atoms with Gasteiger partial charge in [-0.1, -0.05) is 0 Å². The Bertz CT molecular complexity index is 216. The lowest BCUT2D eigenvalue weighted by atomic mass is 9.93. The maximum absolute atomic E-state index is 11.0. The summed E-state index contributed by atoms with van der Waals surface area (Å²) in [4.78, 5) is 11.0. The first-order valence-electron chi connectivity index (χ1n) is 4.30. The number of ether oxygens (including phenoxy) is 1. The lowest BCUT2D eigenvalue weighted by molar-refractivity contribution is -0.225. The molecule has 14 heavy (non-hydrogen) atoms. The Kier molecular flexibility index (Phi) is 3.57. The summed E-state index contributed by atoms with van der Waals surface area (Å²) >= 11 is 0. The highest BCUT2D eigenvalue weighted by Crippen LogP contribution is 2.21. The van der Waals surface area contributed by atoms with Gasteiger partial charge < -0.3 is 25.2 Å². The zero-order valence-corrected chi connectivity index (χ0v) is 7.70. The molecule has 0 aromatic carbocycles. The quantitative estimate of drug-likeness (QED) is 0.395. The first-order chi connectivity index (χ1) is 6.49. The van der Waals surface area contributed by atoms with Gasteiger partial charge in [-0.25, -0.2) is 0 Å². The molecule has 0 amide bonds. The molecular weight excluding hydrogens is 192 g/mol. The van der Waals surface area contributed by atoms with E-state index in [1.807, 2.05) is 0 Å². The second-order valence-electron chi connectivity index (χ2n) is 3.36. The third-order valence-corrected chi connectivity index (χ3v) is 2.29. The summed E-state index contributed by atoms with van der Waals surface area (Å²) in [6.07, 6.45) is -6.54. The Hall–Kier alpha value is -0.530. The zero-order valence-electron chi connectivity index (χ0n) is 7.70. The number of carbonyl (C=O) groups excluding carboxylic acids is 1. The highest BCUT2D eigenvalue weighted by Gasteiger charge is 2.44. The molecule has 1 aliphatic heterocycles. The highest BCUT2D eigenvalue weighted by molar-refractivity contribution is 5.81. The maximum atomic E-state index is 11.0. The van der Waals surface area contributed by atoms with Crippen LogP contribution in [0, 0.1) is 0 Å². The minimum absolute atomic E-state index is 0.457. The van der Waals surface area contributed by atoms with E-state index < -0.39 is 42.9 Å². The molecule has 0 radical (unpaired) electrons. The van der Waals surface area contributed by atoms with Gasteiger partial charge in [-0.05, 0) is 6.92 Å². The van der Waals surface area contributed by atoms with Crippen molar-refractivity contribution >= 4 is 5.78 Å². The number of hydrogen-bond donors (Lipinski definition) is 4. The molecule has 82 valence electrons. The summed E-state index contributed by atoms with van der Waals surface area (Å²) < 4.78 is 4.93. The summed E-state index contributed by atoms with van der Waals surface area (Å²) in [5, 5.41) is 36.8. The lowest BCUT2D eigenvalue weighted by Crippen LogP contribution is -2.60. The van der Waals surface area contributed by atoms with Gasteiger partial charge in [0, 0.05) is 0 Å². The molecule has 0 aliphatic carbocycles. The Labute approximate surface area is 80.7 Å².